The molecule has 3 rings (SSSR count). The van der Waals surface area contributed by atoms with Gasteiger partial charge in [0.2, 0.25) is 0 Å². The van der Waals surface area contributed by atoms with Crippen LogP contribution >= 0.6 is 0 Å². The SMILES string of the molecule is FCCCC=CC[C@H]1CC[C@H](CC[C@H]2CC[C@H](c3ccc(C(F)(F)F)c(F)c3)CC2)CC1. The van der Waals surface area contributed by atoms with Gasteiger partial charge in [0.15, 0.2) is 0 Å². The maximum absolute atomic E-state index is 13.9. The first-order valence-corrected chi connectivity index (χ1v) is 12.4. The maximum atomic E-state index is 13.9. The number of hydrogen-bond donors (Lipinski definition) is 0. The zero-order valence-corrected chi connectivity index (χ0v) is 19.0. The molecular weight excluding hydrogens is 419 g/mol. The van der Waals surface area contributed by atoms with Crippen molar-refractivity contribution in [2.75, 3.05) is 6.67 Å². The van der Waals surface area contributed by atoms with Gasteiger partial charge in [-0.3, -0.25) is 4.39 Å². The molecule has 2 fully saturated rings. The maximum Gasteiger partial charge on any atom is 0.419 e. The molecular formula is C27H37F5. The molecule has 0 unspecified atom stereocenters. The number of alkyl halides is 4. The Morgan fingerprint density at radius 2 is 1.41 bits per heavy atom. The Hall–Kier alpha value is -1.39. The quantitative estimate of drug-likeness (QED) is 0.197. The number of rotatable bonds is 9. The highest BCUT2D eigenvalue weighted by molar-refractivity contribution is 5.29. The summed E-state index contributed by atoms with van der Waals surface area (Å²) in [4.78, 5) is 0. The van der Waals surface area contributed by atoms with E-state index in [-0.39, 0.29) is 12.6 Å². The van der Waals surface area contributed by atoms with Gasteiger partial charge >= 0.3 is 6.18 Å². The van der Waals surface area contributed by atoms with Crippen molar-refractivity contribution in [2.45, 2.75) is 95.6 Å². The molecule has 2 aliphatic rings. The highest BCUT2D eigenvalue weighted by Crippen LogP contribution is 2.41. The molecule has 0 bridgehead atoms. The van der Waals surface area contributed by atoms with E-state index in [4.69, 9.17) is 0 Å². The summed E-state index contributed by atoms with van der Waals surface area (Å²) in [6, 6.07) is 3.46. The van der Waals surface area contributed by atoms with Crippen molar-refractivity contribution in [3.8, 4) is 0 Å². The predicted octanol–water partition coefficient (Wildman–Crippen LogP) is 9.40. The van der Waals surface area contributed by atoms with Crippen molar-refractivity contribution in [1.29, 1.82) is 0 Å². The van der Waals surface area contributed by atoms with Gasteiger partial charge in [-0.1, -0.05) is 43.9 Å². The van der Waals surface area contributed by atoms with Crippen molar-refractivity contribution in [1.82, 2.24) is 0 Å². The van der Waals surface area contributed by atoms with Crippen molar-refractivity contribution in [3.05, 3.63) is 47.3 Å². The Bertz CT molecular complexity index is 707. The molecule has 2 saturated carbocycles. The summed E-state index contributed by atoms with van der Waals surface area (Å²) < 4.78 is 64.3. The second-order valence-electron chi connectivity index (χ2n) is 9.96. The molecule has 0 atom stereocenters. The van der Waals surface area contributed by atoms with Gasteiger partial charge in [0.25, 0.3) is 0 Å². The minimum absolute atomic E-state index is 0.177. The molecule has 0 nitrogen and oxygen atoms in total. The first-order valence-electron chi connectivity index (χ1n) is 12.4. The Balaban J connectivity index is 1.34. The average molecular weight is 457 g/mol. The standard InChI is InChI=1S/C27H37F5/c28-18-4-2-1-3-5-20-6-8-21(9-7-20)10-11-22-12-14-23(15-13-22)24-16-17-25(26(29)19-24)27(30,31)32/h1,3,16-17,19-23H,2,4-15,18H2/t20-,21-,22-,23-. The van der Waals surface area contributed by atoms with Crippen molar-refractivity contribution in [3.63, 3.8) is 0 Å². The van der Waals surface area contributed by atoms with Crippen LogP contribution in [0.2, 0.25) is 0 Å². The largest absolute Gasteiger partial charge is 0.419 e. The smallest absolute Gasteiger partial charge is 0.251 e. The molecule has 5 heteroatoms. The van der Waals surface area contributed by atoms with Crippen LogP contribution in [0.25, 0.3) is 0 Å². The molecule has 0 aromatic heterocycles. The first-order chi connectivity index (χ1) is 15.4. The highest BCUT2D eigenvalue weighted by Gasteiger charge is 2.34. The van der Waals surface area contributed by atoms with E-state index in [9.17, 15) is 22.0 Å². The third-order valence-corrected chi connectivity index (χ3v) is 7.71. The number of benzene rings is 1. The zero-order chi connectivity index (χ0) is 23.0. The Labute approximate surface area is 189 Å². The zero-order valence-electron chi connectivity index (χ0n) is 19.0. The summed E-state index contributed by atoms with van der Waals surface area (Å²) in [5, 5.41) is 0. The van der Waals surface area contributed by atoms with Crippen LogP contribution in [0, 0.1) is 23.6 Å². The van der Waals surface area contributed by atoms with Crippen molar-refractivity contribution in [2.24, 2.45) is 17.8 Å². The molecule has 32 heavy (non-hydrogen) atoms. The molecule has 0 saturated heterocycles. The normalized spacial score (nSPS) is 27.2. The lowest BCUT2D eigenvalue weighted by atomic mass is 9.74. The summed E-state index contributed by atoms with van der Waals surface area (Å²) in [6.45, 7) is -0.231. The van der Waals surface area contributed by atoms with E-state index in [0.29, 0.717) is 17.9 Å². The number of hydrogen-bond acceptors (Lipinski definition) is 0. The van der Waals surface area contributed by atoms with Gasteiger partial charge < -0.3 is 0 Å². The predicted molar refractivity (Wildman–Crippen MR) is 120 cm³/mol. The summed E-state index contributed by atoms with van der Waals surface area (Å²) in [5.74, 6) is 1.33. The van der Waals surface area contributed by atoms with Gasteiger partial charge in [-0.05, 0) is 99.2 Å². The molecule has 0 N–H and O–H groups in total. The highest BCUT2D eigenvalue weighted by atomic mass is 19.4. The van der Waals surface area contributed by atoms with Crippen molar-refractivity contribution < 1.29 is 22.0 Å². The summed E-state index contributed by atoms with van der Waals surface area (Å²) in [5.41, 5.74) is -0.455. The third kappa shape index (κ3) is 7.59. The number of unbranched alkanes of at least 4 members (excludes halogenated alkanes) is 1. The van der Waals surface area contributed by atoms with E-state index in [1.54, 1.807) is 0 Å². The fourth-order valence-corrected chi connectivity index (χ4v) is 5.63. The summed E-state index contributed by atoms with van der Waals surface area (Å²) >= 11 is 0. The molecule has 0 spiro atoms. The van der Waals surface area contributed by atoms with Crippen LogP contribution in [0.15, 0.2) is 30.4 Å². The van der Waals surface area contributed by atoms with Crippen LogP contribution in [0.5, 0.6) is 0 Å². The van der Waals surface area contributed by atoms with Gasteiger partial charge in [0, 0.05) is 0 Å². The fraction of sp³-hybridized carbons (Fsp3) is 0.704. The van der Waals surface area contributed by atoms with Gasteiger partial charge in [-0.15, -0.1) is 0 Å². The van der Waals surface area contributed by atoms with Crippen LogP contribution in [0.4, 0.5) is 22.0 Å². The molecule has 1 aromatic carbocycles. The van der Waals surface area contributed by atoms with E-state index in [1.807, 2.05) is 0 Å². The van der Waals surface area contributed by atoms with Gasteiger partial charge in [0.1, 0.15) is 5.82 Å². The van der Waals surface area contributed by atoms with Crippen LogP contribution in [0.3, 0.4) is 0 Å². The minimum Gasteiger partial charge on any atom is -0.251 e. The van der Waals surface area contributed by atoms with Gasteiger partial charge in [-0.25, -0.2) is 4.39 Å². The molecule has 0 aliphatic heterocycles. The van der Waals surface area contributed by atoms with E-state index in [1.165, 1.54) is 44.6 Å². The van der Waals surface area contributed by atoms with Crippen LogP contribution in [0.1, 0.15) is 101 Å². The Kier molecular flexibility index (Phi) is 9.61. The molecule has 0 heterocycles. The van der Waals surface area contributed by atoms with E-state index < -0.39 is 17.6 Å². The molecule has 180 valence electrons. The minimum atomic E-state index is -4.63. The number of halogens is 5. The molecule has 0 amide bonds. The third-order valence-electron chi connectivity index (χ3n) is 7.71. The first kappa shape index (κ1) is 25.2. The molecule has 0 radical (unpaired) electrons. The lowest BCUT2D eigenvalue weighted by Gasteiger charge is -2.32. The van der Waals surface area contributed by atoms with Crippen LogP contribution in [-0.2, 0) is 6.18 Å². The number of allylic oxidation sites excluding steroid dienone is 2. The van der Waals surface area contributed by atoms with Crippen LogP contribution in [-0.4, -0.2) is 6.67 Å². The lowest BCUT2D eigenvalue weighted by molar-refractivity contribution is -0.140. The Morgan fingerprint density at radius 1 is 0.812 bits per heavy atom. The molecule has 1 aromatic rings. The van der Waals surface area contributed by atoms with Crippen LogP contribution < -0.4 is 0 Å². The van der Waals surface area contributed by atoms with Crippen molar-refractivity contribution >= 4 is 0 Å². The monoisotopic (exact) mass is 456 g/mol. The van der Waals surface area contributed by atoms with E-state index in [2.05, 4.69) is 12.2 Å². The van der Waals surface area contributed by atoms with Gasteiger partial charge in [-0.2, -0.15) is 13.2 Å². The van der Waals surface area contributed by atoms with Gasteiger partial charge in [0.05, 0.1) is 12.2 Å². The summed E-state index contributed by atoms with van der Waals surface area (Å²) in [7, 11) is 0. The Morgan fingerprint density at radius 3 is 1.97 bits per heavy atom. The fourth-order valence-electron chi connectivity index (χ4n) is 5.63. The topological polar surface area (TPSA) is 0 Å². The van der Waals surface area contributed by atoms with E-state index in [0.717, 1.165) is 62.5 Å². The summed E-state index contributed by atoms with van der Waals surface area (Å²) in [6.07, 6.45) is 14.1. The lowest BCUT2D eigenvalue weighted by Crippen LogP contribution is -2.18. The second kappa shape index (κ2) is 12.2. The second-order valence-corrected chi connectivity index (χ2v) is 9.96. The van der Waals surface area contributed by atoms with E-state index >= 15 is 0 Å². The average Bonchev–Trinajstić information content (AvgIpc) is 2.78. The molecule has 2 aliphatic carbocycles.